The molecule has 0 unspecified atom stereocenters. The molecule has 4 heteroatoms. The van der Waals surface area contributed by atoms with E-state index in [2.05, 4.69) is 19.9 Å². The lowest BCUT2D eigenvalue weighted by Crippen LogP contribution is -2.33. The van der Waals surface area contributed by atoms with E-state index in [-0.39, 0.29) is 12.2 Å². The lowest BCUT2D eigenvalue weighted by atomic mass is 9.85. The molecule has 0 bridgehead atoms. The topological polar surface area (TPSA) is 86.2 Å². The number of amides is 1. The molecule has 0 saturated heterocycles. The highest BCUT2D eigenvalue weighted by molar-refractivity contribution is 5.84. The predicted molar refractivity (Wildman–Crippen MR) is 73.8 cm³/mol. The summed E-state index contributed by atoms with van der Waals surface area (Å²) < 4.78 is 0. The van der Waals surface area contributed by atoms with Gasteiger partial charge < -0.3 is 11.5 Å². The van der Waals surface area contributed by atoms with Crippen molar-refractivity contribution in [1.29, 1.82) is 0 Å². The van der Waals surface area contributed by atoms with Crippen molar-refractivity contribution in [2.24, 2.45) is 23.3 Å². The van der Waals surface area contributed by atoms with Gasteiger partial charge in [-0.2, -0.15) is 0 Å². The summed E-state index contributed by atoms with van der Waals surface area (Å²) in [6.07, 6.45) is 6.06. The Morgan fingerprint density at radius 1 is 1.33 bits per heavy atom. The maximum Gasteiger partial charge on any atom is 0.217 e. The molecule has 0 spiro atoms. The van der Waals surface area contributed by atoms with Crippen LogP contribution >= 0.6 is 0 Å². The molecule has 0 saturated carbocycles. The first kappa shape index (κ1) is 16.8. The molecule has 0 aromatic rings. The van der Waals surface area contributed by atoms with E-state index in [1.54, 1.807) is 0 Å². The monoisotopic (exact) mass is 254 g/mol. The van der Waals surface area contributed by atoms with Crippen molar-refractivity contribution >= 4 is 11.7 Å². The van der Waals surface area contributed by atoms with E-state index in [1.807, 2.05) is 13.0 Å². The lowest BCUT2D eigenvalue weighted by Gasteiger charge is -2.20. The van der Waals surface area contributed by atoms with Gasteiger partial charge in [-0.05, 0) is 25.2 Å². The average Bonchev–Trinajstić information content (AvgIpc) is 2.32. The fourth-order valence-electron chi connectivity index (χ4n) is 2.03. The Hall–Kier alpha value is -1.16. The van der Waals surface area contributed by atoms with Crippen LogP contribution in [0.4, 0.5) is 0 Å². The third kappa shape index (κ3) is 6.55. The van der Waals surface area contributed by atoms with E-state index in [9.17, 15) is 9.59 Å². The zero-order chi connectivity index (χ0) is 14.1. The maximum absolute atomic E-state index is 11.9. The van der Waals surface area contributed by atoms with Crippen LogP contribution in [0.5, 0.6) is 0 Å². The molecular weight excluding hydrogens is 228 g/mol. The summed E-state index contributed by atoms with van der Waals surface area (Å²) in [6.45, 7) is 6.16. The molecule has 0 heterocycles. The molecule has 0 fully saturated rings. The van der Waals surface area contributed by atoms with Crippen molar-refractivity contribution < 1.29 is 9.59 Å². The third-order valence-corrected chi connectivity index (χ3v) is 3.34. The minimum Gasteiger partial charge on any atom is -0.370 e. The van der Waals surface area contributed by atoms with Gasteiger partial charge in [-0.25, -0.2) is 0 Å². The molecular formula is C14H26N2O2. The second kappa shape index (κ2) is 8.86. The van der Waals surface area contributed by atoms with Crippen molar-refractivity contribution in [2.75, 3.05) is 0 Å². The molecule has 3 atom stereocenters. The lowest BCUT2D eigenvalue weighted by molar-refractivity contribution is -0.122. The summed E-state index contributed by atoms with van der Waals surface area (Å²) in [6, 6.07) is -0.565. The van der Waals surface area contributed by atoms with Crippen LogP contribution in [0.25, 0.3) is 0 Å². The van der Waals surface area contributed by atoms with Crippen LogP contribution < -0.4 is 11.5 Å². The Bertz CT molecular complexity index is 300. The summed E-state index contributed by atoms with van der Waals surface area (Å²) in [5, 5.41) is 0. The zero-order valence-corrected chi connectivity index (χ0v) is 11.7. The Morgan fingerprint density at radius 2 is 1.94 bits per heavy atom. The number of carbonyl (C=O) groups excluding carboxylic acids is 2. The van der Waals surface area contributed by atoms with E-state index in [1.165, 1.54) is 0 Å². The molecule has 18 heavy (non-hydrogen) atoms. The van der Waals surface area contributed by atoms with Gasteiger partial charge in [0.15, 0.2) is 0 Å². The molecule has 0 radical (unpaired) electrons. The molecule has 0 aromatic heterocycles. The second-order valence-corrected chi connectivity index (χ2v) is 4.84. The molecule has 4 nitrogen and oxygen atoms in total. The summed E-state index contributed by atoms with van der Waals surface area (Å²) in [7, 11) is 0. The van der Waals surface area contributed by atoms with Crippen LogP contribution in [-0.4, -0.2) is 17.7 Å². The Kier molecular flexibility index (Phi) is 8.29. The van der Waals surface area contributed by atoms with Crippen LogP contribution in [0.1, 0.15) is 46.5 Å². The number of primary amides is 1. The predicted octanol–water partition coefficient (Wildman–Crippen LogP) is 1.78. The summed E-state index contributed by atoms with van der Waals surface area (Å²) in [5.41, 5.74) is 10.8. The van der Waals surface area contributed by atoms with Gasteiger partial charge in [-0.3, -0.25) is 9.59 Å². The van der Waals surface area contributed by atoms with Crippen LogP contribution in [-0.2, 0) is 9.59 Å². The highest BCUT2D eigenvalue weighted by Gasteiger charge is 2.21. The van der Waals surface area contributed by atoms with Crippen molar-refractivity contribution in [1.82, 2.24) is 0 Å². The fourth-order valence-corrected chi connectivity index (χ4v) is 2.03. The normalized spacial score (nSPS) is 16.4. The van der Waals surface area contributed by atoms with Gasteiger partial charge in [0.05, 0.1) is 6.04 Å². The van der Waals surface area contributed by atoms with Gasteiger partial charge in [0.25, 0.3) is 0 Å². The number of hydrogen-bond acceptors (Lipinski definition) is 3. The van der Waals surface area contributed by atoms with E-state index < -0.39 is 11.9 Å². The molecule has 104 valence electrons. The first-order chi connectivity index (χ1) is 8.42. The van der Waals surface area contributed by atoms with Crippen LogP contribution in [0.2, 0.25) is 0 Å². The number of ketones is 1. The minimum atomic E-state index is -0.565. The largest absolute Gasteiger partial charge is 0.370 e. The van der Waals surface area contributed by atoms with Gasteiger partial charge in [0, 0.05) is 12.8 Å². The number of nitrogens with two attached hydrogens (primary N) is 2. The maximum atomic E-state index is 11.9. The molecule has 1 amide bonds. The molecule has 0 aliphatic heterocycles. The number of rotatable bonds is 9. The molecule has 0 aromatic carbocycles. The fraction of sp³-hybridized carbons (Fsp3) is 0.714. The van der Waals surface area contributed by atoms with Crippen LogP contribution in [0.15, 0.2) is 12.2 Å². The van der Waals surface area contributed by atoms with Crippen LogP contribution in [0.3, 0.4) is 0 Å². The standard InChI is InChI=1S/C14H26N2O2/c1-4-6-10(3)11(5-2)9-13(17)12(15)7-8-14(16)18/h4,6,10-12H,5,7-9,15H2,1-3H3,(H2,16,18)/b6-4+/t10-,11+,12+/m1/s1. The SMILES string of the molecule is C/C=C/[C@@H](C)[C@@H](CC)CC(=O)[C@@H](N)CCC(N)=O. The van der Waals surface area contributed by atoms with Gasteiger partial charge in [0.2, 0.25) is 5.91 Å². The highest BCUT2D eigenvalue weighted by Crippen LogP contribution is 2.22. The number of Topliss-reactive ketones (excluding diaryl/α,β-unsaturated/α-hetero) is 1. The minimum absolute atomic E-state index is 0.0273. The van der Waals surface area contributed by atoms with Gasteiger partial charge in [-0.1, -0.05) is 32.4 Å². The molecule has 0 rings (SSSR count). The third-order valence-electron chi connectivity index (χ3n) is 3.34. The van der Waals surface area contributed by atoms with E-state index in [4.69, 9.17) is 11.5 Å². The van der Waals surface area contributed by atoms with E-state index in [0.717, 1.165) is 6.42 Å². The quantitative estimate of drug-likeness (QED) is 0.615. The number of allylic oxidation sites excluding steroid dienone is 2. The van der Waals surface area contributed by atoms with Crippen molar-refractivity contribution in [2.45, 2.75) is 52.5 Å². The van der Waals surface area contributed by atoms with Crippen molar-refractivity contribution in [3.63, 3.8) is 0 Å². The number of carbonyl (C=O) groups is 2. The van der Waals surface area contributed by atoms with Gasteiger partial charge >= 0.3 is 0 Å². The Labute approximate surface area is 110 Å². The second-order valence-electron chi connectivity index (χ2n) is 4.84. The summed E-state index contributed by atoms with van der Waals surface area (Å²) in [4.78, 5) is 22.6. The van der Waals surface area contributed by atoms with Crippen LogP contribution in [0, 0.1) is 11.8 Å². The first-order valence-corrected chi connectivity index (χ1v) is 6.61. The first-order valence-electron chi connectivity index (χ1n) is 6.61. The average molecular weight is 254 g/mol. The van der Waals surface area contributed by atoms with Gasteiger partial charge in [-0.15, -0.1) is 0 Å². The smallest absolute Gasteiger partial charge is 0.217 e. The van der Waals surface area contributed by atoms with E-state index >= 15 is 0 Å². The van der Waals surface area contributed by atoms with Crippen molar-refractivity contribution in [3.8, 4) is 0 Å². The van der Waals surface area contributed by atoms with E-state index in [0.29, 0.717) is 24.7 Å². The number of hydrogen-bond donors (Lipinski definition) is 2. The summed E-state index contributed by atoms with van der Waals surface area (Å²) >= 11 is 0. The van der Waals surface area contributed by atoms with Gasteiger partial charge in [0.1, 0.15) is 5.78 Å². The zero-order valence-electron chi connectivity index (χ0n) is 11.7. The molecule has 0 aliphatic carbocycles. The highest BCUT2D eigenvalue weighted by atomic mass is 16.1. The molecule has 4 N–H and O–H groups in total. The van der Waals surface area contributed by atoms with Crippen molar-refractivity contribution in [3.05, 3.63) is 12.2 Å². The Morgan fingerprint density at radius 3 is 2.39 bits per heavy atom. The summed E-state index contributed by atoms with van der Waals surface area (Å²) in [5.74, 6) is 0.299. The molecule has 0 aliphatic rings. The Balaban J connectivity index is 4.29.